The molecule has 0 saturated heterocycles. The summed E-state index contributed by atoms with van der Waals surface area (Å²) in [7, 11) is -3.43. The average molecular weight is 372 g/mol. The van der Waals surface area contributed by atoms with E-state index in [4.69, 9.17) is 4.52 Å². The standard InChI is InChI=1S/C18H20N4O3S/c1-14-12-18(21-25-14)20-16-9-10-17(19-13-16)22-26(23,24)11-5-8-15-6-3-2-4-7-15/h2-4,6-7,9-10,12-13H,5,8,11H2,1H3,(H,19,22)(H,20,21). The van der Waals surface area contributed by atoms with Crippen LogP contribution in [0.5, 0.6) is 0 Å². The third-order valence-corrected chi connectivity index (χ3v) is 4.99. The highest BCUT2D eigenvalue weighted by atomic mass is 32.2. The first-order valence-electron chi connectivity index (χ1n) is 8.21. The van der Waals surface area contributed by atoms with E-state index < -0.39 is 10.0 Å². The van der Waals surface area contributed by atoms with E-state index >= 15 is 0 Å². The van der Waals surface area contributed by atoms with Crippen molar-refractivity contribution in [3.63, 3.8) is 0 Å². The molecule has 0 unspecified atom stereocenters. The fourth-order valence-electron chi connectivity index (χ4n) is 2.42. The summed E-state index contributed by atoms with van der Waals surface area (Å²) in [4.78, 5) is 4.12. The van der Waals surface area contributed by atoms with Crippen molar-refractivity contribution in [2.24, 2.45) is 0 Å². The average Bonchev–Trinajstić information content (AvgIpc) is 3.02. The van der Waals surface area contributed by atoms with Gasteiger partial charge in [-0.2, -0.15) is 0 Å². The molecule has 1 aromatic carbocycles. The lowest BCUT2D eigenvalue weighted by Gasteiger charge is -2.08. The van der Waals surface area contributed by atoms with Crippen molar-refractivity contribution in [1.29, 1.82) is 0 Å². The fraction of sp³-hybridized carbons (Fsp3) is 0.222. The lowest BCUT2D eigenvalue weighted by atomic mass is 10.1. The van der Waals surface area contributed by atoms with Gasteiger partial charge < -0.3 is 9.84 Å². The van der Waals surface area contributed by atoms with E-state index in [1.807, 2.05) is 30.3 Å². The first kappa shape index (κ1) is 17.9. The van der Waals surface area contributed by atoms with Crippen molar-refractivity contribution in [1.82, 2.24) is 10.1 Å². The first-order valence-corrected chi connectivity index (χ1v) is 9.86. The second kappa shape index (κ2) is 8.01. The molecule has 3 aromatic rings. The second-order valence-corrected chi connectivity index (χ2v) is 7.73. The zero-order valence-corrected chi connectivity index (χ0v) is 15.2. The Balaban J connectivity index is 1.52. The molecule has 3 rings (SSSR count). The van der Waals surface area contributed by atoms with Crippen molar-refractivity contribution in [3.05, 3.63) is 66.1 Å². The zero-order valence-electron chi connectivity index (χ0n) is 14.3. The summed E-state index contributed by atoms with van der Waals surface area (Å²) < 4.78 is 31.8. The molecule has 2 aromatic heterocycles. The smallest absolute Gasteiger partial charge is 0.233 e. The zero-order chi connectivity index (χ0) is 18.4. The molecular weight excluding hydrogens is 352 g/mol. The third-order valence-electron chi connectivity index (χ3n) is 3.65. The summed E-state index contributed by atoms with van der Waals surface area (Å²) in [6.07, 6.45) is 2.80. The Morgan fingerprint density at radius 2 is 1.88 bits per heavy atom. The minimum absolute atomic E-state index is 0.0434. The molecule has 0 aliphatic heterocycles. The number of hydrogen-bond acceptors (Lipinski definition) is 6. The van der Waals surface area contributed by atoms with Crippen LogP contribution in [0.2, 0.25) is 0 Å². The summed E-state index contributed by atoms with van der Waals surface area (Å²) in [5.74, 6) is 1.59. The van der Waals surface area contributed by atoms with Crippen molar-refractivity contribution >= 4 is 27.3 Å². The van der Waals surface area contributed by atoms with Gasteiger partial charge in [0.25, 0.3) is 0 Å². The number of anilines is 3. The number of aryl methyl sites for hydroxylation is 2. The molecule has 8 heteroatoms. The maximum absolute atomic E-state index is 12.2. The van der Waals surface area contributed by atoms with Gasteiger partial charge in [-0.1, -0.05) is 35.5 Å². The normalized spacial score (nSPS) is 11.3. The van der Waals surface area contributed by atoms with Gasteiger partial charge in [-0.05, 0) is 37.5 Å². The van der Waals surface area contributed by atoms with E-state index in [2.05, 4.69) is 20.2 Å². The molecule has 26 heavy (non-hydrogen) atoms. The Morgan fingerprint density at radius 1 is 1.08 bits per heavy atom. The molecule has 0 aliphatic carbocycles. The van der Waals surface area contributed by atoms with Crippen LogP contribution in [-0.2, 0) is 16.4 Å². The number of aromatic nitrogens is 2. The Labute approximate surface area is 152 Å². The summed E-state index contributed by atoms with van der Waals surface area (Å²) in [6, 6.07) is 14.9. The van der Waals surface area contributed by atoms with Crippen LogP contribution in [0.4, 0.5) is 17.3 Å². The van der Waals surface area contributed by atoms with Gasteiger partial charge in [-0.25, -0.2) is 13.4 Å². The molecule has 0 fully saturated rings. The van der Waals surface area contributed by atoms with Crippen molar-refractivity contribution < 1.29 is 12.9 Å². The Kier molecular flexibility index (Phi) is 5.52. The Morgan fingerprint density at radius 3 is 2.54 bits per heavy atom. The van der Waals surface area contributed by atoms with Crippen LogP contribution in [0.25, 0.3) is 0 Å². The predicted octanol–water partition coefficient (Wildman–Crippen LogP) is 3.50. The molecule has 2 heterocycles. The van der Waals surface area contributed by atoms with Gasteiger partial charge in [0.05, 0.1) is 17.6 Å². The van der Waals surface area contributed by atoms with Crippen LogP contribution in [0.1, 0.15) is 17.7 Å². The van der Waals surface area contributed by atoms with E-state index in [1.165, 1.54) is 6.20 Å². The monoisotopic (exact) mass is 372 g/mol. The Bertz CT molecular complexity index is 938. The summed E-state index contributed by atoms with van der Waals surface area (Å²) in [6.45, 7) is 1.80. The van der Waals surface area contributed by atoms with Gasteiger partial charge >= 0.3 is 0 Å². The highest BCUT2D eigenvalue weighted by molar-refractivity contribution is 7.92. The number of nitrogens with one attached hydrogen (secondary N) is 2. The van der Waals surface area contributed by atoms with Gasteiger partial charge in [0.2, 0.25) is 10.0 Å². The van der Waals surface area contributed by atoms with E-state index in [9.17, 15) is 8.42 Å². The van der Waals surface area contributed by atoms with Gasteiger partial charge in [-0.3, -0.25) is 4.72 Å². The first-order chi connectivity index (χ1) is 12.5. The SMILES string of the molecule is Cc1cc(Nc2ccc(NS(=O)(=O)CCCc3ccccc3)nc2)no1. The number of sulfonamides is 1. The van der Waals surface area contributed by atoms with E-state index in [1.54, 1.807) is 25.1 Å². The molecule has 0 spiro atoms. The maximum atomic E-state index is 12.2. The third kappa shape index (κ3) is 5.32. The molecule has 0 amide bonds. The number of rotatable bonds is 8. The van der Waals surface area contributed by atoms with Crippen molar-refractivity contribution in [3.8, 4) is 0 Å². The van der Waals surface area contributed by atoms with Gasteiger partial charge in [0.1, 0.15) is 11.6 Å². The molecule has 0 bridgehead atoms. The van der Waals surface area contributed by atoms with E-state index in [0.29, 0.717) is 23.7 Å². The highest BCUT2D eigenvalue weighted by Gasteiger charge is 2.11. The summed E-state index contributed by atoms with van der Waals surface area (Å²) >= 11 is 0. The molecular formula is C18H20N4O3S. The lowest BCUT2D eigenvalue weighted by molar-refractivity contribution is 0.400. The van der Waals surface area contributed by atoms with Crippen molar-refractivity contribution in [2.45, 2.75) is 19.8 Å². The molecule has 136 valence electrons. The van der Waals surface area contributed by atoms with Crippen LogP contribution in [0.15, 0.2) is 59.3 Å². The minimum Gasteiger partial charge on any atom is -0.360 e. The van der Waals surface area contributed by atoms with Crippen molar-refractivity contribution in [2.75, 3.05) is 15.8 Å². The topological polar surface area (TPSA) is 97.1 Å². The maximum Gasteiger partial charge on any atom is 0.233 e. The summed E-state index contributed by atoms with van der Waals surface area (Å²) in [5, 5.41) is 6.85. The molecule has 0 aliphatic rings. The molecule has 0 atom stereocenters. The van der Waals surface area contributed by atoms with E-state index in [0.717, 1.165) is 12.0 Å². The Hall–Kier alpha value is -2.87. The minimum atomic E-state index is -3.43. The number of pyridine rings is 1. The lowest BCUT2D eigenvalue weighted by Crippen LogP contribution is -2.17. The molecule has 2 N–H and O–H groups in total. The van der Waals surface area contributed by atoms with Crippen LogP contribution in [0.3, 0.4) is 0 Å². The quantitative estimate of drug-likeness (QED) is 0.628. The van der Waals surface area contributed by atoms with E-state index in [-0.39, 0.29) is 11.6 Å². The molecule has 0 radical (unpaired) electrons. The largest absolute Gasteiger partial charge is 0.360 e. The van der Waals surface area contributed by atoms with Crippen LogP contribution in [-0.4, -0.2) is 24.3 Å². The number of benzene rings is 1. The van der Waals surface area contributed by atoms with Gasteiger partial charge in [0.15, 0.2) is 5.82 Å². The second-order valence-electron chi connectivity index (χ2n) is 5.89. The van der Waals surface area contributed by atoms with Gasteiger partial charge in [-0.15, -0.1) is 0 Å². The van der Waals surface area contributed by atoms with Crippen LogP contribution < -0.4 is 10.0 Å². The predicted molar refractivity (Wildman–Crippen MR) is 101 cm³/mol. The molecule has 0 saturated carbocycles. The van der Waals surface area contributed by atoms with Gasteiger partial charge in [0, 0.05) is 6.07 Å². The molecule has 7 nitrogen and oxygen atoms in total. The summed E-state index contributed by atoms with van der Waals surface area (Å²) in [5.41, 5.74) is 1.81. The number of hydrogen-bond donors (Lipinski definition) is 2. The van der Waals surface area contributed by atoms with Crippen LogP contribution >= 0.6 is 0 Å². The van der Waals surface area contributed by atoms with Crippen LogP contribution in [0, 0.1) is 6.92 Å². The number of nitrogens with zero attached hydrogens (tertiary/aromatic N) is 2. The fourth-order valence-corrected chi connectivity index (χ4v) is 3.49. The highest BCUT2D eigenvalue weighted by Crippen LogP contribution is 2.17.